The molecule has 27 heavy (non-hydrogen) atoms. The van der Waals surface area contributed by atoms with Gasteiger partial charge in [0, 0.05) is 47.6 Å². The summed E-state index contributed by atoms with van der Waals surface area (Å²) in [6.45, 7) is 7.37. The number of benzene rings is 2. The highest BCUT2D eigenvalue weighted by Crippen LogP contribution is 2.20. The fourth-order valence-corrected chi connectivity index (χ4v) is 3.44. The Morgan fingerprint density at radius 2 is 1.70 bits per heavy atom. The van der Waals surface area contributed by atoms with Crippen LogP contribution in [0.3, 0.4) is 0 Å². The zero-order valence-corrected chi connectivity index (χ0v) is 17.3. The van der Waals surface area contributed by atoms with Gasteiger partial charge in [-0.1, -0.05) is 15.9 Å². The van der Waals surface area contributed by atoms with Crippen molar-refractivity contribution in [2.75, 3.05) is 42.9 Å². The topological polar surface area (TPSA) is 52.7 Å². The number of rotatable bonds is 5. The molecule has 6 heteroatoms. The quantitative estimate of drug-likeness (QED) is 0.735. The number of carbonyl (C=O) groups excluding carboxylic acids is 2. The molecule has 0 unspecified atom stereocenters. The van der Waals surface area contributed by atoms with Crippen LogP contribution in [0.25, 0.3) is 0 Å². The van der Waals surface area contributed by atoms with E-state index in [4.69, 9.17) is 0 Å². The fraction of sp³-hybridized carbons (Fsp3) is 0.333. The van der Waals surface area contributed by atoms with Crippen molar-refractivity contribution in [3.8, 4) is 0 Å². The third kappa shape index (κ3) is 5.17. The summed E-state index contributed by atoms with van der Waals surface area (Å²) in [7, 11) is 0. The molecule has 0 saturated carbocycles. The summed E-state index contributed by atoms with van der Waals surface area (Å²) in [5, 5.41) is 2.97. The Morgan fingerprint density at radius 3 is 2.30 bits per heavy atom. The van der Waals surface area contributed by atoms with E-state index in [9.17, 15) is 9.59 Å². The fourth-order valence-electron chi connectivity index (χ4n) is 3.20. The van der Waals surface area contributed by atoms with E-state index >= 15 is 0 Å². The molecule has 0 atom stereocenters. The summed E-state index contributed by atoms with van der Waals surface area (Å²) in [6, 6.07) is 13.5. The third-order valence-corrected chi connectivity index (χ3v) is 5.71. The molecule has 142 valence electrons. The van der Waals surface area contributed by atoms with E-state index in [1.807, 2.05) is 49.4 Å². The van der Waals surface area contributed by atoms with Crippen molar-refractivity contribution in [2.45, 2.75) is 13.8 Å². The van der Waals surface area contributed by atoms with E-state index in [1.54, 1.807) is 6.92 Å². The SMILES string of the molecule is CC(=O)c1ccc(N2CCN(CC(=O)Nc3ccc(Br)c(C)c3)CC2)cc1. The van der Waals surface area contributed by atoms with Gasteiger partial charge in [0.1, 0.15) is 0 Å². The van der Waals surface area contributed by atoms with Crippen LogP contribution in [0.1, 0.15) is 22.8 Å². The van der Waals surface area contributed by atoms with Crippen molar-refractivity contribution >= 4 is 39.0 Å². The number of nitrogens with zero attached hydrogens (tertiary/aromatic N) is 2. The van der Waals surface area contributed by atoms with Crippen LogP contribution in [0.15, 0.2) is 46.9 Å². The summed E-state index contributed by atoms with van der Waals surface area (Å²) in [6.07, 6.45) is 0. The lowest BCUT2D eigenvalue weighted by atomic mass is 10.1. The molecule has 1 N–H and O–H groups in total. The second-order valence-corrected chi connectivity index (χ2v) is 7.73. The molecule has 1 amide bonds. The van der Waals surface area contributed by atoms with Gasteiger partial charge >= 0.3 is 0 Å². The summed E-state index contributed by atoms with van der Waals surface area (Å²) < 4.78 is 1.04. The summed E-state index contributed by atoms with van der Waals surface area (Å²) >= 11 is 3.47. The smallest absolute Gasteiger partial charge is 0.238 e. The number of nitrogens with one attached hydrogen (secondary N) is 1. The van der Waals surface area contributed by atoms with Gasteiger partial charge in [0.2, 0.25) is 5.91 Å². The molecule has 1 aliphatic rings. The molecule has 0 spiro atoms. The average Bonchev–Trinajstić information content (AvgIpc) is 2.65. The third-order valence-electron chi connectivity index (χ3n) is 4.82. The van der Waals surface area contributed by atoms with Crippen LogP contribution < -0.4 is 10.2 Å². The number of aryl methyl sites for hydroxylation is 1. The number of Topliss-reactive ketones (excluding diaryl/α,β-unsaturated/α-hetero) is 1. The minimum Gasteiger partial charge on any atom is -0.369 e. The van der Waals surface area contributed by atoms with Gasteiger partial charge in [-0.3, -0.25) is 14.5 Å². The van der Waals surface area contributed by atoms with Crippen molar-refractivity contribution < 1.29 is 9.59 Å². The molecular weight excluding hydrogens is 406 g/mol. The van der Waals surface area contributed by atoms with Gasteiger partial charge in [0.25, 0.3) is 0 Å². The minimum atomic E-state index is 0.0102. The summed E-state index contributed by atoms with van der Waals surface area (Å²) in [4.78, 5) is 28.2. The Labute approximate surface area is 168 Å². The number of amides is 1. The van der Waals surface area contributed by atoms with Gasteiger partial charge in [0.15, 0.2) is 5.78 Å². The monoisotopic (exact) mass is 429 g/mol. The molecule has 0 aromatic heterocycles. The van der Waals surface area contributed by atoms with Gasteiger partial charge in [-0.2, -0.15) is 0 Å². The summed E-state index contributed by atoms with van der Waals surface area (Å²) in [5.41, 5.74) is 3.77. The Morgan fingerprint density at radius 1 is 1.04 bits per heavy atom. The van der Waals surface area contributed by atoms with Gasteiger partial charge in [-0.15, -0.1) is 0 Å². The lowest BCUT2D eigenvalue weighted by Crippen LogP contribution is -2.48. The molecular formula is C21H24BrN3O2. The minimum absolute atomic E-state index is 0.0102. The Kier molecular flexibility index (Phi) is 6.29. The van der Waals surface area contributed by atoms with Gasteiger partial charge in [-0.05, 0) is 61.9 Å². The van der Waals surface area contributed by atoms with Crippen molar-refractivity contribution in [2.24, 2.45) is 0 Å². The standard InChI is InChI=1S/C21H24BrN3O2/c1-15-13-18(5-8-20(15)22)23-21(27)14-24-9-11-25(12-10-24)19-6-3-17(4-7-19)16(2)26/h3-8,13H,9-12,14H2,1-2H3,(H,23,27). The molecule has 1 fully saturated rings. The van der Waals surface area contributed by atoms with Crippen molar-refractivity contribution in [1.29, 1.82) is 0 Å². The van der Waals surface area contributed by atoms with E-state index in [0.29, 0.717) is 6.54 Å². The van der Waals surface area contributed by atoms with Crippen molar-refractivity contribution in [3.63, 3.8) is 0 Å². The van der Waals surface area contributed by atoms with E-state index in [-0.39, 0.29) is 11.7 Å². The maximum Gasteiger partial charge on any atom is 0.238 e. The normalized spacial score (nSPS) is 14.9. The highest BCUT2D eigenvalue weighted by atomic mass is 79.9. The molecule has 1 aliphatic heterocycles. The number of hydrogen-bond donors (Lipinski definition) is 1. The number of halogens is 1. The average molecular weight is 430 g/mol. The first-order valence-corrected chi connectivity index (χ1v) is 9.86. The van der Waals surface area contributed by atoms with Crippen molar-refractivity contribution in [1.82, 2.24) is 4.90 Å². The number of hydrogen-bond acceptors (Lipinski definition) is 4. The molecule has 1 saturated heterocycles. The van der Waals surface area contributed by atoms with E-state index in [1.165, 1.54) is 0 Å². The predicted molar refractivity (Wildman–Crippen MR) is 113 cm³/mol. The maximum absolute atomic E-state index is 12.3. The highest BCUT2D eigenvalue weighted by Gasteiger charge is 2.19. The zero-order chi connectivity index (χ0) is 19.4. The van der Waals surface area contributed by atoms with E-state index in [2.05, 4.69) is 31.0 Å². The second kappa shape index (κ2) is 8.67. The first-order valence-electron chi connectivity index (χ1n) is 9.06. The Hall–Kier alpha value is -2.18. The second-order valence-electron chi connectivity index (χ2n) is 6.88. The number of anilines is 2. The molecule has 0 bridgehead atoms. The van der Waals surface area contributed by atoms with Crippen LogP contribution in [-0.2, 0) is 4.79 Å². The number of ketones is 1. The molecule has 2 aromatic rings. The van der Waals surface area contributed by atoms with Crippen LogP contribution in [0, 0.1) is 6.92 Å². The first kappa shape index (κ1) is 19.6. The van der Waals surface area contributed by atoms with Crippen LogP contribution in [0.2, 0.25) is 0 Å². The van der Waals surface area contributed by atoms with Gasteiger partial charge < -0.3 is 10.2 Å². The van der Waals surface area contributed by atoms with E-state index in [0.717, 1.165) is 53.2 Å². The molecule has 3 rings (SSSR count). The molecule has 0 radical (unpaired) electrons. The maximum atomic E-state index is 12.3. The molecule has 2 aromatic carbocycles. The lowest BCUT2D eigenvalue weighted by Gasteiger charge is -2.35. The van der Waals surface area contributed by atoms with E-state index < -0.39 is 0 Å². The van der Waals surface area contributed by atoms with Gasteiger partial charge in [0.05, 0.1) is 6.54 Å². The zero-order valence-electron chi connectivity index (χ0n) is 15.7. The molecule has 5 nitrogen and oxygen atoms in total. The number of carbonyl (C=O) groups is 2. The van der Waals surface area contributed by atoms with Crippen LogP contribution in [0.4, 0.5) is 11.4 Å². The van der Waals surface area contributed by atoms with Crippen molar-refractivity contribution in [3.05, 3.63) is 58.1 Å². The van der Waals surface area contributed by atoms with Gasteiger partial charge in [-0.25, -0.2) is 0 Å². The Balaban J connectivity index is 1.49. The molecule has 0 aliphatic carbocycles. The predicted octanol–water partition coefficient (Wildman–Crippen LogP) is 3.72. The summed E-state index contributed by atoms with van der Waals surface area (Å²) in [5.74, 6) is 0.0920. The van der Waals surface area contributed by atoms with Crippen LogP contribution in [-0.4, -0.2) is 49.3 Å². The molecule has 1 heterocycles. The highest BCUT2D eigenvalue weighted by molar-refractivity contribution is 9.10. The lowest BCUT2D eigenvalue weighted by molar-refractivity contribution is -0.117. The Bertz CT molecular complexity index is 828. The largest absolute Gasteiger partial charge is 0.369 e. The number of piperazine rings is 1. The van der Waals surface area contributed by atoms with Crippen LogP contribution >= 0.6 is 15.9 Å². The first-order chi connectivity index (χ1) is 12.9. The van der Waals surface area contributed by atoms with Crippen LogP contribution in [0.5, 0.6) is 0 Å².